The van der Waals surface area contributed by atoms with Crippen molar-refractivity contribution in [3.63, 3.8) is 0 Å². The second-order valence-electron chi connectivity index (χ2n) is 6.92. The minimum Gasteiger partial charge on any atom is -0.476 e. The van der Waals surface area contributed by atoms with Gasteiger partial charge in [-0.05, 0) is 19.3 Å². The molecular formula is C16H18F2N2O4S. The Hall–Kier alpha value is -1.61. The van der Waals surface area contributed by atoms with E-state index in [1.807, 2.05) is 0 Å². The Balaban J connectivity index is 1.40. The fraction of sp³-hybridized carbons (Fsp3) is 0.688. The van der Waals surface area contributed by atoms with Crippen LogP contribution in [-0.2, 0) is 9.53 Å². The van der Waals surface area contributed by atoms with Gasteiger partial charge in [0.15, 0.2) is 5.69 Å². The number of carbonyl (C=O) groups is 2. The zero-order chi connectivity index (χ0) is 17.8. The van der Waals surface area contributed by atoms with E-state index in [0.29, 0.717) is 31.0 Å². The molecule has 3 aliphatic rings. The number of aromatic carboxylic acids is 1. The maximum Gasteiger partial charge on any atom is 0.355 e. The van der Waals surface area contributed by atoms with E-state index in [9.17, 15) is 18.4 Å². The summed E-state index contributed by atoms with van der Waals surface area (Å²) in [4.78, 5) is 29.4. The molecule has 0 bridgehead atoms. The van der Waals surface area contributed by atoms with Gasteiger partial charge >= 0.3 is 5.97 Å². The maximum absolute atomic E-state index is 13.5. The van der Waals surface area contributed by atoms with E-state index in [-0.39, 0.29) is 30.5 Å². The molecule has 1 saturated heterocycles. The first-order valence-corrected chi connectivity index (χ1v) is 9.22. The number of amides is 1. The van der Waals surface area contributed by atoms with Crippen molar-refractivity contribution in [2.45, 2.75) is 31.3 Å². The highest BCUT2D eigenvalue weighted by molar-refractivity contribution is 7.09. The van der Waals surface area contributed by atoms with Crippen LogP contribution in [0.4, 0.5) is 8.78 Å². The first-order chi connectivity index (χ1) is 11.9. The second kappa shape index (κ2) is 5.98. The SMILES string of the molecule is O=C(O)c1csc(C2CN(C(=O)[C@@H]3CC[C@H]4[C@@H](C3)C4(F)F)CCO2)n1. The average Bonchev–Trinajstić information content (AvgIpc) is 2.98. The maximum atomic E-state index is 13.5. The van der Waals surface area contributed by atoms with Gasteiger partial charge in [0.2, 0.25) is 5.91 Å². The molecule has 1 aromatic heterocycles. The number of rotatable bonds is 3. The van der Waals surface area contributed by atoms with Crippen LogP contribution in [0.1, 0.15) is 40.9 Å². The van der Waals surface area contributed by atoms with Gasteiger partial charge in [-0.2, -0.15) is 0 Å². The van der Waals surface area contributed by atoms with Gasteiger partial charge in [-0.3, -0.25) is 4.79 Å². The van der Waals surface area contributed by atoms with Crippen molar-refractivity contribution in [3.8, 4) is 0 Å². The number of ether oxygens (including phenoxy) is 1. The molecule has 2 heterocycles. The smallest absolute Gasteiger partial charge is 0.355 e. The number of hydrogen-bond donors (Lipinski definition) is 1. The van der Waals surface area contributed by atoms with Gasteiger partial charge in [0.05, 0.1) is 13.2 Å². The summed E-state index contributed by atoms with van der Waals surface area (Å²) in [5, 5.41) is 10.9. The number of alkyl halides is 2. The molecule has 1 N–H and O–H groups in total. The molecule has 1 aromatic rings. The molecule has 25 heavy (non-hydrogen) atoms. The molecule has 136 valence electrons. The third-order valence-corrected chi connectivity index (χ3v) is 6.41. The fourth-order valence-electron chi connectivity index (χ4n) is 4.00. The van der Waals surface area contributed by atoms with Crippen molar-refractivity contribution in [2.75, 3.05) is 19.7 Å². The molecule has 6 nitrogen and oxygen atoms in total. The van der Waals surface area contributed by atoms with E-state index in [2.05, 4.69) is 4.98 Å². The van der Waals surface area contributed by atoms with Crippen molar-refractivity contribution in [1.82, 2.24) is 9.88 Å². The lowest BCUT2D eigenvalue weighted by Crippen LogP contribution is -2.45. The van der Waals surface area contributed by atoms with Crippen molar-refractivity contribution in [1.29, 1.82) is 0 Å². The highest BCUT2D eigenvalue weighted by Crippen LogP contribution is 2.63. The van der Waals surface area contributed by atoms with E-state index in [1.165, 1.54) is 16.7 Å². The summed E-state index contributed by atoms with van der Waals surface area (Å²) in [6.45, 7) is 1.03. The Labute approximate surface area is 146 Å². The molecule has 2 saturated carbocycles. The predicted molar refractivity (Wildman–Crippen MR) is 83.6 cm³/mol. The summed E-state index contributed by atoms with van der Waals surface area (Å²) >= 11 is 1.19. The number of carboxylic acids is 1. The van der Waals surface area contributed by atoms with Crippen LogP contribution in [0.5, 0.6) is 0 Å². The molecule has 9 heteroatoms. The van der Waals surface area contributed by atoms with Crippen LogP contribution in [0.15, 0.2) is 5.38 Å². The summed E-state index contributed by atoms with van der Waals surface area (Å²) in [6.07, 6.45) is 0.724. The first-order valence-electron chi connectivity index (χ1n) is 8.35. The number of morpholine rings is 1. The van der Waals surface area contributed by atoms with Crippen molar-refractivity contribution < 1.29 is 28.2 Å². The van der Waals surface area contributed by atoms with E-state index in [1.54, 1.807) is 4.90 Å². The Bertz CT molecular complexity index is 710. The minimum absolute atomic E-state index is 0.0404. The lowest BCUT2D eigenvalue weighted by atomic mass is 9.88. The number of aromatic nitrogens is 1. The minimum atomic E-state index is -2.59. The molecule has 1 unspecified atom stereocenters. The van der Waals surface area contributed by atoms with Crippen LogP contribution >= 0.6 is 11.3 Å². The zero-order valence-corrected chi connectivity index (χ0v) is 14.2. The second-order valence-corrected chi connectivity index (χ2v) is 7.81. The van der Waals surface area contributed by atoms with E-state index in [0.717, 1.165) is 0 Å². The number of carboxylic acid groups (broad SMARTS) is 1. The number of hydrogen-bond acceptors (Lipinski definition) is 5. The van der Waals surface area contributed by atoms with Gasteiger partial charge in [0, 0.05) is 29.7 Å². The fourth-order valence-corrected chi connectivity index (χ4v) is 4.83. The molecule has 3 fully saturated rings. The molecule has 1 aliphatic heterocycles. The van der Waals surface area contributed by atoms with Crippen LogP contribution in [-0.4, -0.2) is 52.5 Å². The number of thiazole rings is 1. The molecule has 1 amide bonds. The van der Waals surface area contributed by atoms with Gasteiger partial charge in [-0.15, -0.1) is 11.3 Å². The van der Waals surface area contributed by atoms with Gasteiger partial charge in [-0.25, -0.2) is 18.6 Å². The summed E-state index contributed by atoms with van der Waals surface area (Å²) in [6, 6.07) is 0. The van der Waals surface area contributed by atoms with Crippen molar-refractivity contribution in [2.24, 2.45) is 17.8 Å². The molecule has 0 aromatic carbocycles. The van der Waals surface area contributed by atoms with Gasteiger partial charge < -0.3 is 14.7 Å². The zero-order valence-electron chi connectivity index (χ0n) is 13.4. The molecule has 0 spiro atoms. The predicted octanol–water partition coefficient (Wildman–Crippen LogP) is 2.42. The Morgan fingerprint density at radius 2 is 2.16 bits per heavy atom. The van der Waals surface area contributed by atoms with Crippen LogP contribution in [0.25, 0.3) is 0 Å². The highest BCUT2D eigenvalue weighted by atomic mass is 32.1. The van der Waals surface area contributed by atoms with E-state index < -0.39 is 29.8 Å². The monoisotopic (exact) mass is 372 g/mol. The summed E-state index contributed by atoms with van der Waals surface area (Å²) in [5.74, 6) is -5.29. The third-order valence-electron chi connectivity index (χ3n) is 5.47. The van der Waals surface area contributed by atoms with Gasteiger partial charge in [-0.1, -0.05) is 0 Å². The number of carbonyl (C=O) groups excluding carboxylic acids is 1. The molecule has 2 aliphatic carbocycles. The molecule has 4 rings (SSSR count). The van der Waals surface area contributed by atoms with Crippen LogP contribution in [0, 0.1) is 17.8 Å². The quantitative estimate of drug-likeness (QED) is 0.882. The lowest BCUT2D eigenvalue weighted by molar-refractivity contribution is -0.144. The summed E-state index contributed by atoms with van der Waals surface area (Å²) < 4.78 is 32.7. The first kappa shape index (κ1) is 16.8. The summed E-state index contributed by atoms with van der Waals surface area (Å²) in [7, 11) is 0. The normalized spacial score (nSPS) is 33.6. The number of nitrogens with zero attached hydrogens (tertiary/aromatic N) is 2. The highest BCUT2D eigenvalue weighted by Gasteiger charge is 2.69. The average molecular weight is 372 g/mol. The topological polar surface area (TPSA) is 79.7 Å². The van der Waals surface area contributed by atoms with Crippen molar-refractivity contribution >= 4 is 23.2 Å². The van der Waals surface area contributed by atoms with Crippen LogP contribution in [0.3, 0.4) is 0 Å². The third kappa shape index (κ3) is 2.93. The number of halogens is 2. The van der Waals surface area contributed by atoms with Gasteiger partial charge in [0.25, 0.3) is 5.92 Å². The molecule has 0 radical (unpaired) electrons. The van der Waals surface area contributed by atoms with Crippen LogP contribution in [0.2, 0.25) is 0 Å². The van der Waals surface area contributed by atoms with Crippen LogP contribution < -0.4 is 0 Å². The van der Waals surface area contributed by atoms with Crippen molar-refractivity contribution in [3.05, 3.63) is 16.1 Å². The largest absolute Gasteiger partial charge is 0.476 e. The molecule has 4 atom stereocenters. The Kier molecular flexibility index (Phi) is 4.03. The lowest BCUT2D eigenvalue weighted by Gasteiger charge is -2.35. The Morgan fingerprint density at radius 1 is 1.36 bits per heavy atom. The van der Waals surface area contributed by atoms with E-state index in [4.69, 9.17) is 9.84 Å². The van der Waals surface area contributed by atoms with Gasteiger partial charge in [0.1, 0.15) is 11.1 Å². The molecular weight excluding hydrogens is 354 g/mol. The summed E-state index contributed by atoms with van der Waals surface area (Å²) in [5.41, 5.74) is -0.0404. The van der Waals surface area contributed by atoms with E-state index >= 15 is 0 Å². The Morgan fingerprint density at radius 3 is 2.84 bits per heavy atom. The standard InChI is InChI=1S/C16H18F2N2O4S/c17-16(18)9-2-1-8(5-10(9)16)14(21)20-3-4-24-12(6-20)13-19-11(7-25-13)15(22)23/h7-10,12H,1-6H2,(H,22,23)/t8-,9+,10-,12?/m1/s1. The number of fused-ring (bicyclic) bond motifs is 1.